The number of amides is 1. The van der Waals surface area contributed by atoms with E-state index in [0.717, 1.165) is 24.8 Å². The van der Waals surface area contributed by atoms with Gasteiger partial charge >= 0.3 is 11.9 Å². The van der Waals surface area contributed by atoms with Crippen LogP contribution in [0.1, 0.15) is 71.3 Å². The van der Waals surface area contributed by atoms with Crippen molar-refractivity contribution in [3.05, 3.63) is 35.9 Å². The summed E-state index contributed by atoms with van der Waals surface area (Å²) >= 11 is 0. The van der Waals surface area contributed by atoms with E-state index in [-0.39, 0.29) is 42.5 Å². The molecule has 0 aromatic heterocycles. The fraction of sp³-hybridized carbons (Fsp3) is 0.556. The van der Waals surface area contributed by atoms with Crippen LogP contribution in [0.3, 0.4) is 0 Å². The zero-order chi connectivity index (χ0) is 27.1. The van der Waals surface area contributed by atoms with E-state index in [1.54, 1.807) is 18.2 Å². The van der Waals surface area contributed by atoms with Crippen molar-refractivity contribution in [2.75, 3.05) is 7.11 Å². The van der Waals surface area contributed by atoms with Crippen molar-refractivity contribution >= 4 is 23.6 Å². The Morgan fingerprint density at radius 2 is 1.81 bits per heavy atom. The number of unbranched alkanes of at least 4 members (excludes halogenated alkanes) is 2. The molecule has 4 N–H and O–H groups in total. The van der Waals surface area contributed by atoms with Crippen molar-refractivity contribution in [1.29, 1.82) is 0 Å². The first-order valence-corrected chi connectivity index (χ1v) is 12.4. The minimum atomic E-state index is -1.08. The van der Waals surface area contributed by atoms with Gasteiger partial charge in [-0.1, -0.05) is 32.1 Å². The molecular weight excluding hydrogens is 464 g/mol. The molecule has 1 rings (SSSR count). The third kappa shape index (κ3) is 12.5. The van der Waals surface area contributed by atoms with Crippen LogP contribution in [0.25, 0.3) is 0 Å². The fourth-order valence-electron chi connectivity index (χ4n) is 3.33. The van der Waals surface area contributed by atoms with E-state index >= 15 is 0 Å². The fourth-order valence-corrected chi connectivity index (χ4v) is 3.33. The summed E-state index contributed by atoms with van der Waals surface area (Å²) in [5, 5.41) is 11.8. The molecule has 9 heteroatoms. The van der Waals surface area contributed by atoms with Crippen molar-refractivity contribution in [3.8, 4) is 11.5 Å². The maximum atomic E-state index is 12.7. The number of aliphatic carboxylic acids is 1. The van der Waals surface area contributed by atoms with Crippen LogP contribution in [0, 0.1) is 11.8 Å². The van der Waals surface area contributed by atoms with E-state index in [0.29, 0.717) is 18.9 Å². The van der Waals surface area contributed by atoms with Crippen molar-refractivity contribution in [3.63, 3.8) is 0 Å². The number of nitrogens with two attached hydrogens (primary N) is 1. The molecule has 0 bridgehead atoms. The molecule has 0 aliphatic carbocycles. The van der Waals surface area contributed by atoms with Gasteiger partial charge in [0.1, 0.15) is 5.78 Å². The third-order valence-electron chi connectivity index (χ3n) is 5.47. The van der Waals surface area contributed by atoms with Crippen LogP contribution in [0.15, 0.2) is 30.4 Å². The van der Waals surface area contributed by atoms with Crippen LogP contribution in [0.4, 0.5) is 0 Å². The molecule has 0 saturated heterocycles. The lowest BCUT2D eigenvalue weighted by Crippen LogP contribution is -2.32. The van der Waals surface area contributed by atoms with Gasteiger partial charge in [-0.2, -0.15) is 0 Å². The van der Waals surface area contributed by atoms with Crippen LogP contribution < -0.4 is 20.5 Å². The normalized spacial score (nSPS) is 12.8. The predicted molar refractivity (Wildman–Crippen MR) is 137 cm³/mol. The smallest absolute Gasteiger partial charge is 0.314 e. The molecule has 0 aliphatic heterocycles. The van der Waals surface area contributed by atoms with Gasteiger partial charge in [0, 0.05) is 25.8 Å². The molecule has 0 spiro atoms. The first kappa shape index (κ1) is 30.8. The number of carbonyl (C=O) groups excluding carboxylic acids is 3. The summed E-state index contributed by atoms with van der Waals surface area (Å²) < 4.78 is 10.8. The van der Waals surface area contributed by atoms with Gasteiger partial charge in [-0.3, -0.25) is 19.2 Å². The van der Waals surface area contributed by atoms with E-state index in [2.05, 4.69) is 31.3 Å². The van der Waals surface area contributed by atoms with Crippen molar-refractivity contribution in [2.45, 2.75) is 78.3 Å². The average Bonchev–Trinajstić information content (AvgIpc) is 2.82. The first-order chi connectivity index (χ1) is 17.0. The number of carboxylic acids is 1. The molecule has 0 heterocycles. The van der Waals surface area contributed by atoms with Gasteiger partial charge in [0.25, 0.3) is 0 Å². The second-order valence-electron chi connectivity index (χ2n) is 9.19. The quantitative estimate of drug-likeness (QED) is 0.126. The number of esters is 1. The lowest BCUT2D eigenvalue weighted by molar-refractivity contribution is -0.143. The highest BCUT2D eigenvalue weighted by molar-refractivity contribution is 5.88. The maximum Gasteiger partial charge on any atom is 0.314 e. The largest absolute Gasteiger partial charge is 0.493 e. The monoisotopic (exact) mass is 504 g/mol. The number of allylic oxidation sites excluding steroid dienone is 2. The lowest BCUT2D eigenvalue weighted by atomic mass is 9.95. The number of carboxylic acid groups (broad SMARTS) is 1. The Morgan fingerprint density at radius 3 is 2.42 bits per heavy atom. The summed E-state index contributed by atoms with van der Waals surface area (Å²) in [7, 11) is 1.42. The molecule has 9 nitrogen and oxygen atoms in total. The summed E-state index contributed by atoms with van der Waals surface area (Å²) in [6.45, 7) is 6.05. The Morgan fingerprint density at radius 1 is 1.08 bits per heavy atom. The molecule has 0 fully saturated rings. The molecule has 0 aliphatic rings. The van der Waals surface area contributed by atoms with Gasteiger partial charge < -0.3 is 25.6 Å². The Labute approximate surface area is 213 Å². The molecule has 1 aromatic carbocycles. The van der Waals surface area contributed by atoms with Gasteiger partial charge in [0.15, 0.2) is 11.5 Å². The Kier molecular flexibility index (Phi) is 14.1. The zero-order valence-corrected chi connectivity index (χ0v) is 21.7. The summed E-state index contributed by atoms with van der Waals surface area (Å²) in [5.41, 5.74) is 6.35. The number of Topliss-reactive ketones (excluding diaryl/α,β-unsaturated/α-hetero) is 1. The molecule has 0 saturated carbocycles. The Balaban J connectivity index is 2.69. The summed E-state index contributed by atoms with van der Waals surface area (Å²) in [6.07, 6.45) is 6.93. The first-order valence-electron chi connectivity index (χ1n) is 12.4. The second-order valence-corrected chi connectivity index (χ2v) is 9.19. The number of benzene rings is 1. The molecule has 1 aromatic rings. The van der Waals surface area contributed by atoms with E-state index < -0.39 is 23.9 Å². The number of rotatable bonds is 17. The van der Waals surface area contributed by atoms with Gasteiger partial charge in [0.2, 0.25) is 5.91 Å². The third-order valence-corrected chi connectivity index (χ3v) is 5.47. The lowest BCUT2D eigenvalue weighted by Gasteiger charge is -2.17. The average molecular weight is 505 g/mol. The molecule has 0 unspecified atom stereocenters. The number of methoxy groups -OCH3 is 1. The van der Waals surface area contributed by atoms with E-state index in [1.807, 2.05) is 0 Å². The minimum absolute atomic E-state index is 0.0441. The number of nitrogens with one attached hydrogen (secondary N) is 1. The minimum Gasteiger partial charge on any atom is -0.493 e. The van der Waals surface area contributed by atoms with Crippen molar-refractivity contribution in [2.24, 2.45) is 17.6 Å². The summed E-state index contributed by atoms with van der Waals surface area (Å²) in [4.78, 5) is 47.9. The topological polar surface area (TPSA) is 145 Å². The van der Waals surface area contributed by atoms with Gasteiger partial charge in [-0.15, -0.1) is 0 Å². The predicted octanol–water partition coefficient (Wildman–Crippen LogP) is 3.78. The Bertz CT molecular complexity index is 909. The van der Waals surface area contributed by atoms with Crippen LogP contribution in [-0.2, 0) is 25.7 Å². The molecule has 0 radical (unpaired) electrons. The number of hydrogen-bond donors (Lipinski definition) is 3. The highest BCUT2D eigenvalue weighted by atomic mass is 16.6. The molecule has 200 valence electrons. The molecule has 1 amide bonds. The van der Waals surface area contributed by atoms with E-state index in [9.17, 15) is 19.2 Å². The number of ether oxygens (including phenoxy) is 2. The zero-order valence-electron chi connectivity index (χ0n) is 21.7. The standard InChI is InChI=1S/C27H40N2O7/c1-18(2)9-7-5-6-8-10-25(31)29-17-20-11-13-23(24(15-20)35-4)36-27(34)21(12-14-26(32)33)16-22(30)19(3)28/h7,9,11,13,15,18-19,21H,5-6,8,10,12,14,16-17,28H2,1-4H3,(H,29,31)(H,32,33)/b9-7+/t19-,21+/m0/s1. The van der Waals surface area contributed by atoms with Gasteiger partial charge in [0.05, 0.1) is 19.1 Å². The number of carbonyl (C=O) groups is 4. The van der Waals surface area contributed by atoms with Crippen molar-refractivity contribution in [1.82, 2.24) is 5.32 Å². The van der Waals surface area contributed by atoms with Crippen LogP contribution in [-0.4, -0.2) is 41.9 Å². The van der Waals surface area contributed by atoms with Crippen molar-refractivity contribution < 1.29 is 33.8 Å². The Hall–Kier alpha value is -3.20. The summed E-state index contributed by atoms with van der Waals surface area (Å²) in [6, 6.07) is 4.12. The van der Waals surface area contributed by atoms with Gasteiger partial charge in [-0.25, -0.2) is 0 Å². The number of ketones is 1. The SMILES string of the molecule is COc1cc(CNC(=O)CCCC/C=C/C(C)C)ccc1OC(=O)[C@H](CCC(=O)O)CC(=O)[C@H](C)N. The maximum absolute atomic E-state index is 12.7. The molecule has 36 heavy (non-hydrogen) atoms. The highest BCUT2D eigenvalue weighted by Crippen LogP contribution is 2.30. The van der Waals surface area contributed by atoms with Crippen LogP contribution in [0.5, 0.6) is 11.5 Å². The van der Waals surface area contributed by atoms with Gasteiger partial charge in [-0.05, 0) is 56.2 Å². The van der Waals surface area contributed by atoms with Crippen LogP contribution >= 0.6 is 0 Å². The van der Waals surface area contributed by atoms with E-state index in [4.69, 9.17) is 20.3 Å². The highest BCUT2D eigenvalue weighted by Gasteiger charge is 2.27. The molecule has 2 atom stereocenters. The van der Waals surface area contributed by atoms with Crippen LogP contribution in [0.2, 0.25) is 0 Å². The van der Waals surface area contributed by atoms with E-state index in [1.165, 1.54) is 14.0 Å². The molecular formula is C27H40N2O7. The summed E-state index contributed by atoms with van der Waals surface area (Å²) in [5.74, 6) is -2.19. The second kappa shape index (κ2) is 16.5. The number of hydrogen-bond acceptors (Lipinski definition) is 7.